The van der Waals surface area contributed by atoms with Crippen LogP contribution in [0.3, 0.4) is 0 Å². The summed E-state index contributed by atoms with van der Waals surface area (Å²) in [4.78, 5) is 17.2. The van der Waals surface area contributed by atoms with E-state index in [4.69, 9.17) is 0 Å². The summed E-state index contributed by atoms with van der Waals surface area (Å²) in [6, 6.07) is 21.4. The number of urea groups is 1. The van der Waals surface area contributed by atoms with Crippen molar-refractivity contribution in [2.24, 2.45) is 5.92 Å². The summed E-state index contributed by atoms with van der Waals surface area (Å²) >= 11 is 0. The lowest BCUT2D eigenvalue weighted by atomic mass is 10.0. The first-order valence-electron chi connectivity index (χ1n) is 10.9. The second kappa shape index (κ2) is 9.79. The van der Waals surface area contributed by atoms with Crippen LogP contribution in [0.1, 0.15) is 24.8 Å². The van der Waals surface area contributed by atoms with E-state index in [2.05, 4.69) is 81.1 Å². The molecule has 0 spiro atoms. The lowest BCUT2D eigenvalue weighted by Crippen LogP contribution is -2.48. The van der Waals surface area contributed by atoms with Gasteiger partial charge in [-0.15, -0.1) is 0 Å². The molecule has 2 aliphatic heterocycles. The van der Waals surface area contributed by atoms with E-state index in [1.165, 1.54) is 11.3 Å². The number of benzene rings is 2. The normalized spacial score (nSPS) is 20.6. The number of nitrogens with zero attached hydrogens (tertiary/aromatic N) is 2. The van der Waals surface area contributed by atoms with E-state index in [0.717, 1.165) is 58.5 Å². The largest absolute Gasteiger partial charge is 0.371 e. The van der Waals surface area contributed by atoms with Gasteiger partial charge in [0.15, 0.2) is 0 Å². The molecule has 2 aromatic carbocycles. The molecule has 2 aromatic rings. The van der Waals surface area contributed by atoms with Crippen LogP contribution in [-0.4, -0.2) is 49.7 Å². The number of hydrogen-bond donors (Lipinski definition) is 2. The molecule has 4 rings (SSSR count). The molecule has 2 aliphatic rings. The monoisotopic (exact) mass is 392 g/mol. The smallest absolute Gasteiger partial charge is 0.315 e. The number of rotatable bonds is 6. The lowest BCUT2D eigenvalue weighted by Gasteiger charge is -2.32. The quantitative estimate of drug-likeness (QED) is 0.791. The number of para-hydroxylation sites is 1. The number of amides is 2. The van der Waals surface area contributed by atoms with E-state index < -0.39 is 0 Å². The lowest BCUT2D eigenvalue weighted by molar-refractivity contribution is 0.186. The van der Waals surface area contributed by atoms with Gasteiger partial charge in [0.05, 0.1) is 0 Å². The minimum atomic E-state index is -0.00956. The second-order valence-corrected chi connectivity index (χ2v) is 8.33. The van der Waals surface area contributed by atoms with Crippen molar-refractivity contribution < 1.29 is 4.79 Å². The molecule has 29 heavy (non-hydrogen) atoms. The molecule has 0 saturated carbocycles. The Morgan fingerprint density at radius 2 is 1.59 bits per heavy atom. The van der Waals surface area contributed by atoms with Crippen LogP contribution >= 0.6 is 0 Å². The van der Waals surface area contributed by atoms with Crippen LogP contribution in [0, 0.1) is 5.92 Å². The Morgan fingerprint density at radius 3 is 2.31 bits per heavy atom. The van der Waals surface area contributed by atoms with Gasteiger partial charge in [0.2, 0.25) is 0 Å². The van der Waals surface area contributed by atoms with Crippen molar-refractivity contribution in [1.82, 2.24) is 15.5 Å². The number of likely N-dealkylation sites (tertiary alicyclic amines) is 1. The molecule has 2 heterocycles. The van der Waals surface area contributed by atoms with E-state index in [1.807, 2.05) is 0 Å². The van der Waals surface area contributed by atoms with E-state index in [-0.39, 0.29) is 12.1 Å². The average Bonchev–Trinajstić information content (AvgIpc) is 3.24. The Balaban J connectivity index is 1.13. The maximum absolute atomic E-state index is 12.3. The molecule has 0 bridgehead atoms. The van der Waals surface area contributed by atoms with Crippen LogP contribution in [-0.2, 0) is 6.54 Å². The van der Waals surface area contributed by atoms with Crippen LogP contribution in [0.2, 0.25) is 0 Å². The van der Waals surface area contributed by atoms with E-state index >= 15 is 0 Å². The minimum Gasteiger partial charge on any atom is -0.371 e. The first-order chi connectivity index (χ1) is 14.3. The van der Waals surface area contributed by atoms with Crippen LogP contribution in [0.4, 0.5) is 10.5 Å². The number of anilines is 1. The first kappa shape index (κ1) is 19.8. The van der Waals surface area contributed by atoms with Crippen molar-refractivity contribution in [2.45, 2.75) is 31.8 Å². The number of piperidine rings is 1. The number of hydrogen-bond acceptors (Lipinski definition) is 3. The maximum atomic E-state index is 12.3. The van der Waals surface area contributed by atoms with Gasteiger partial charge in [-0.25, -0.2) is 4.79 Å². The second-order valence-electron chi connectivity index (χ2n) is 8.33. The van der Waals surface area contributed by atoms with Crippen LogP contribution in [0.25, 0.3) is 0 Å². The van der Waals surface area contributed by atoms with Gasteiger partial charge in [0.1, 0.15) is 0 Å². The predicted octanol–water partition coefficient (Wildman–Crippen LogP) is 3.48. The maximum Gasteiger partial charge on any atom is 0.315 e. The predicted molar refractivity (Wildman–Crippen MR) is 118 cm³/mol. The summed E-state index contributed by atoms with van der Waals surface area (Å²) in [5.74, 6) is 0.522. The third kappa shape index (κ3) is 5.73. The molecule has 0 radical (unpaired) electrons. The summed E-state index contributed by atoms with van der Waals surface area (Å²) < 4.78 is 0. The van der Waals surface area contributed by atoms with E-state index in [9.17, 15) is 4.79 Å². The first-order valence-corrected chi connectivity index (χ1v) is 10.9. The molecule has 0 aliphatic carbocycles. The van der Waals surface area contributed by atoms with Crippen molar-refractivity contribution in [2.75, 3.05) is 37.6 Å². The van der Waals surface area contributed by atoms with Gasteiger partial charge in [-0.2, -0.15) is 0 Å². The van der Waals surface area contributed by atoms with Crippen molar-refractivity contribution in [3.05, 3.63) is 66.2 Å². The summed E-state index contributed by atoms with van der Waals surface area (Å²) in [7, 11) is 0. The molecule has 1 atom stereocenters. The zero-order chi connectivity index (χ0) is 19.9. The topological polar surface area (TPSA) is 47.6 Å². The van der Waals surface area contributed by atoms with Crippen molar-refractivity contribution >= 4 is 11.7 Å². The Morgan fingerprint density at radius 1 is 0.897 bits per heavy atom. The molecule has 2 amide bonds. The molecular formula is C24H32N4O. The molecule has 2 saturated heterocycles. The van der Waals surface area contributed by atoms with Crippen LogP contribution in [0.5, 0.6) is 0 Å². The summed E-state index contributed by atoms with van der Waals surface area (Å²) in [6.45, 7) is 5.91. The molecule has 5 heteroatoms. The van der Waals surface area contributed by atoms with E-state index in [1.54, 1.807) is 0 Å². The highest BCUT2D eigenvalue weighted by Gasteiger charge is 2.24. The van der Waals surface area contributed by atoms with Crippen molar-refractivity contribution in [3.63, 3.8) is 0 Å². The van der Waals surface area contributed by atoms with Gasteiger partial charge in [-0.05, 0) is 42.9 Å². The van der Waals surface area contributed by atoms with E-state index in [0.29, 0.717) is 5.92 Å². The highest BCUT2D eigenvalue weighted by atomic mass is 16.2. The standard InChI is InChI=1S/C24H32N4O/c29-24(25-17-21-11-16-28(19-21)23-9-5-2-6-10-23)26-22-12-14-27(15-13-22)18-20-7-3-1-4-8-20/h1-10,21-22H,11-19H2,(H2,25,26,29)/t21-/m0/s1. The van der Waals surface area contributed by atoms with Crippen molar-refractivity contribution in [1.29, 1.82) is 0 Å². The molecular weight excluding hydrogens is 360 g/mol. The fourth-order valence-electron chi connectivity index (χ4n) is 4.42. The molecule has 154 valence electrons. The fraction of sp³-hybridized carbons (Fsp3) is 0.458. The zero-order valence-electron chi connectivity index (χ0n) is 17.1. The third-order valence-corrected chi connectivity index (χ3v) is 6.13. The zero-order valence-corrected chi connectivity index (χ0v) is 17.1. The molecule has 5 nitrogen and oxygen atoms in total. The van der Waals surface area contributed by atoms with Crippen molar-refractivity contribution in [3.8, 4) is 0 Å². The SMILES string of the molecule is O=C(NC[C@@H]1CCN(c2ccccc2)C1)NC1CCN(Cc2ccccc2)CC1. The minimum absolute atomic E-state index is 0.00956. The van der Waals surface area contributed by atoms with Gasteiger partial charge in [-0.1, -0.05) is 48.5 Å². The molecule has 2 N–H and O–H groups in total. The Kier molecular flexibility index (Phi) is 6.67. The van der Waals surface area contributed by atoms with Gasteiger partial charge in [0.25, 0.3) is 0 Å². The van der Waals surface area contributed by atoms with Gasteiger partial charge >= 0.3 is 6.03 Å². The number of carbonyl (C=O) groups is 1. The Labute approximate surface area is 174 Å². The average molecular weight is 393 g/mol. The van der Waals surface area contributed by atoms with Gasteiger partial charge < -0.3 is 15.5 Å². The van der Waals surface area contributed by atoms with Crippen LogP contribution < -0.4 is 15.5 Å². The summed E-state index contributed by atoms with van der Waals surface area (Å²) in [5.41, 5.74) is 2.64. The number of carbonyl (C=O) groups excluding carboxylic acids is 1. The Bertz CT molecular complexity index is 759. The number of nitrogens with one attached hydrogen (secondary N) is 2. The van der Waals surface area contributed by atoms with Crippen LogP contribution in [0.15, 0.2) is 60.7 Å². The summed E-state index contributed by atoms with van der Waals surface area (Å²) in [6.07, 6.45) is 3.17. The highest BCUT2D eigenvalue weighted by Crippen LogP contribution is 2.23. The molecule has 0 unspecified atom stereocenters. The molecule has 0 aromatic heterocycles. The Hall–Kier alpha value is -2.53. The fourth-order valence-corrected chi connectivity index (χ4v) is 4.42. The molecule has 2 fully saturated rings. The van der Waals surface area contributed by atoms with Gasteiger partial charge in [0, 0.05) is 51.0 Å². The van der Waals surface area contributed by atoms with Gasteiger partial charge in [-0.3, -0.25) is 4.90 Å². The third-order valence-electron chi connectivity index (χ3n) is 6.13. The summed E-state index contributed by atoms with van der Waals surface area (Å²) in [5, 5.41) is 6.28. The highest BCUT2D eigenvalue weighted by molar-refractivity contribution is 5.74.